The number of nitrogens with one attached hydrogen (secondary N) is 2. The van der Waals surface area contributed by atoms with Crippen molar-refractivity contribution in [2.24, 2.45) is 5.92 Å². The van der Waals surface area contributed by atoms with Crippen molar-refractivity contribution < 1.29 is 14.0 Å². The summed E-state index contributed by atoms with van der Waals surface area (Å²) in [5, 5.41) is 5.50. The molecule has 1 amide bonds. The summed E-state index contributed by atoms with van der Waals surface area (Å²) in [6.07, 6.45) is 5.09. The van der Waals surface area contributed by atoms with Crippen molar-refractivity contribution in [2.75, 3.05) is 12.4 Å². The second kappa shape index (κ2) is 10.5. The molecule has 2 aromatic heterocycles. The van der Waals surface area contributed by atoms with Gasteiger partial charge in [-0.3, -0.25) is 23.9 Å². The minimum absolute atomic E-state index is 0.107. The van der Waals surface area contributed by atoms with Crippen LogP contribution in [0.25, 0.3) is 0 Å². The zero-order valence-corrected chi connectivity index (χ0v) is 19.5. The number of halogens is 1. The van der Waals surface area contributed by atoms with Crippen molar-refractivity contribution in [3.8, 4) is 11.8 Å². The molecule has 0 bridgehead atoms. The molecular formula is C27H25FN4O3. The third kappa shape index (κ3) is 5.89. The van der Waals surface area contributed by atoms with E-state index in [0.29, 0.717) is 28.3 Å². The van der Waals surface area contributed by atoms with Gasteiger partial charge in [0.25, 0.3) is 5.56 Å². The Morgan fingerprint density at radius 1 is 1.14 bits per heavy atom. The fourth-order valence-electron chi connectivity index (χ4n) is 3.36. The highest BCUT2D eigenvalue weighted by molar-refractivity contribution is 6.08. The Labute approximate surface area is 202 Å². The molecule has 0 spiro atoms. The van der Waals surface area contributed by atoms with Crippen molar-refractivity contribution in [2.45, 2.75) is 32.4 Å². The second-order valence-electron chi connectivity index (χ2n) is 8.48. The maximum absolute atomic E-state index is 13.3. The van der Waals surface area contributed by atoms with Crippen LogP contribution in [-0.4, -0.2) is 34.3 Å². The lowest BCUT2D eigenvalue weighted by molar-refractivity contribution is -0.117. The topological polar surface area (TPSA) is 93.1 Å². The Bertz CT molecular complexity index is 1380. The number of aromatic nitrogens is 2. The van der Waals surface area contributed by atoms with E-state index in [1.165, 1.54) is 35.0 Å². The van der Waals surface area contributed by atoms with Crippen LogP contribution in [0.5, 0.6) is 0 Å². The average Bonchev–Trinajstić information content (AvgIpc) is 3.70. The summed E-state index contributed by atoms with van der Waals surface area (Å²) in [6.45, 7) is 1.80. The number of pyridine rings is 2. The molecule has 0 saturated heterocycles. The van der Waals surface area contributed by atoms with E-state index in [1.807, 2.05) is 0 Å². The molecule has 0 radical (unpaired) electrons. The van der Waals surface area contributed by atoms with E-state index >= 15 is 0 Å². The van der Waals surface area contributed by atoms with Crippen LogP contribution in [0.3, 0.4) is 0 Å². The first-order valence-corrected chi connectivity index (χ1v) is 11.3. The molecule has 1 saturated carbocycles. The normalized spacial score (nSPS) is 13.5. The number of benzene rings is 1. The molecule has 7 nitrogen and oxygen atoms in total. The maximum Gasteiger partial charge on any atom is 0.275 e. The van der Waals surface area contributed by atoms with Crippen molar-refractivity contribution in [1.82, 2.24) is 14.9 Å². The summed E-state index contributed by atoms with van der Waals surface area (Å²) in [5.41, 5.74) is 1.51. The number of amides is 1. The van der Waals surface area contributed by atoms with E-state index in [0.717, 1.165) is 12.8 Å². The van der Waals surface area contributed by atoms with Gasteiger partial charge in [-0.05, 0) is 80.8 Å². The number of ketones is 1. The summed E-state index contributed by atoms with van der Waals surface area (Å²) in [7, 11) is 1.66. The van der Waals surface area contributed by atoms with E-state index in [9.17, 15) is 18.8 Å². The second-order valence-corrected chi connectivity index (χ2v) is 8.48. The number of carbonyl (C=O) groups is 2. The largest absolute Gasteiger partial charge is 0.320 e. The van der Waals surface area contributed by atoms with Crippen LogP contribution in [0.4, 0.5) is 10.1 Å². The number of hydrogen-bond donors (Lipinski definition) is 2. The van der Waals surface area contributed by atoms with Gasteiger partial charge in [0.15, 0.2) is 5.78 Å². The van der Waals surface area contributed by atoms with Crippen molar-refractivity contribution in [1.29, 1.82) is 0 Å². The van der Waals surface area contributed by atoms with Gasteiger partial charge in [-0.2, -0.15) is 0 Å². The average molecular weight is 473 g/mol. The summed E-state index contributed by atoms with van der Waals surface area (Å²) in [5.74, 6) is 5.52. The quantitative estimate of drug-likeness (QED) is 0.407. The van der Waals surface area contributed by atoms with Gasteiger partial charge in [0, 0.05) is 29.4 Å². The Kier molecular flexibility index (Phi) is 7.18. The van der Waals surface area contributed by atoms with Crippen molar-refractivity contribution >= 4 is 17.4 Å². The Hall–Kier alpha value is -4.09. The van der Waals surface area contributed by atoms with Gasteiger partial charge in [-0.25, -0.2) is 4.39 Å². The number of nitrogens with zero attached hydrogens (tertiary/aromatic N) is 2. The lowest BCUT2D eigenvalue weighted by Crippen LogP contribution is -2.37. The van der Waals surface area contributed by atoms with Crippen molar-refractivity contribution in [3.63, 3.8) is 0 Å². The molecule has 4 rings (SSSR count). The highest BCUT2D eigenvalue weighted by Crippen LogP contribution is 2.27. The van der Waals surface area contributed by atoms with Gasteiger partial charge >= 0.3 is 0 Å². The van der Waals surface area contributed by atoms with E-state index in [1.54, 1.807) is 38.4 Å². The molecule has 1 aliphatic carbocycles. The minimum Gasteiger partial charge on any atom is -0.320 e. The smallest absolute Gasteiger partial charge is 0.275 e. The Morgan fingerprint density at radius 2 is 1.89 bits per heavy atom. The Morgan fingerprint density at radius 3 is 2.57 bits per heavy atom. The molecule has 2 N–H and O–H groups in total. The minimum atomic E-state index is -0.476. The van der Waals surface area contributed by atoms with E-state index in [4.69, 9.17) is 0 Å². The lowest BCUT2D eigenvalue weighted by atomic mass is 10.0. The summed E-state index contributed by atoms with van der Waals surface area (Å²) in [4.78, 5) is 42.6. The van der Waals surface area contributed by atoms with Gasteiger partial charge < -0.3 is 10.6 Å². The van der Waals surface area contributed by atoms with Crippen LogP contribution >= 0.6 is 0 Å². The fourth-order valence-corrected chi connectivity index (χ4v) is 3.36. The zero-order chi connectivity index (χ0) is 24.9. The number of carbonyl (C=O) groups excluding carboxylic acids is 2. The molecule has 178 valence electrons. The molecule has 1 unspecified atom stereocenters. The number of anilines is 1. The number of rotatable bonds is 7. The lowest BCUT2D eigenvalue weighted by Gasteiger charge is -2.14. The molecule has 35 heavy (non-hydrogen) atoms. The molecule has 8 heteroatoms. The summed E-state index contributed by atoms with van der Waals surface area (Å²) < 4.78 is 14.7. The molecule has 3 aromatic rings. The van der Waals surface area contributed by atoms with Crippen molar-refractivity contribution in [3.05, 3.63) is 93.4 Å². The fraction of sp³-hybridized carbons (Fsp3) is 0.259. The highest BCUT2D eigenvalue weighted by atomic mass is 19.1. The van der Waals surface area contributed by atoms with Crippen LogP contribution in [0.1, 0.15) is 46.9 Å². The first-order chi connectivity index (χ1) is 16.9. The predicted octanol–water partition coefficient (Wildman–Crippen LogP) is 2.97. The molecule has 0 aliphatic heterocycles. The van der Waals surface area contributed by atoms with E-state index in [2.05, 4.69) is 27.5 Å². The first-order valence-electron chi connectivity index (χ1n) is 11.3. The van der Waals surface area contributed by atoms with E-state index in [-0.39, 0.29) is 23.9 Å². The van der Waals surface area contributed by atoms with Gasteiger partial charge in [0.05, 0.1) is 18.3 Å². The highest BCUT2D eigenvalue weighted by Gasteiger charge is 2.19. The third-order valence-electron chi connectivity index (χ3n) is 5.74. The Balaban J connectivity index is 1.67. The molecule has 2 heterocycles. The SMILES string of the molecule is CNC(C)C(=O)Nc1ccc(C#CC2CC2)n(Cc2cncc(C(=O)c3ccc(F)cc3)c2)c1=O. The standard InChI is InChI=1S/C27H25FN4O3/c1-17(29-2)26(34)31-24-12-11-23(10-5-18-3-4-18)32(27(24)35)16-19-13-21(15-30-14-19)25(33)20-6-8-22(28)9-7-20/h6-9,11-15,17-18,29H,3-4,16H2,1-2H3,(H,31,34). The van der Waals surface area contributed by atoms with Gasteiger partial charge in [-0.15, -0.1) is 0 Å². The molecule has 1 atom stereocenters. The summed E-state index contributed by atoms with van der Waals surface area (Å²) in [6, 6.07) is 9.72. The van der Waals surface area contributed by atoms with Crippen LogP contribution in [0.2, 0.25) is 0 Å². The van der Waals surface area contributed by atoms with Gasteiger partial charge in [0.2, 0.25) is 5.91 Å². The number of likely N-dealkylation sites (N-methyl/N-ethyl adjacent to an activating group) is 1. The molecule has 1 aromatic carbocycles. The third-order valence-corrected chi connectivity index (χ3v) is 5.74. The molecular weight excluding hydrogens is 447 g/mol. The monoisotopic (exact) mass is 472 g/mol. The maximum atomic E-state index is 13.3. The van der Waals surface area contributed by atoms with Gasteiger partial charge in [-0.1, -0.05) is 5.92 Å². The first kappa shape index (κ1) is 24.0. The van der Waals surface area contributed by atoms with Crippen LogP contribution in [0.15, 0.2) is 59.7 Å². The van der Waals surface area contributed by atoms with Crippen LogP contribution in [-0.2, 0) is 11.3 Å². The molecule has 1 aliphatic rings. The zero-order valence-electron chi connectivity index (χ0n) is 19.5. The predicted molar refractivity (Wildman–Crippen MR) is 131 cm³/mol. The van der Waals surface area contributed by atoms with E-state index < -0.39 is 17.4 Å². The summed E-state index contributed by atoms with van der Waals surface area (Å²) >= 11 is 0. The van der Waals surface area contributed by atoms with Crippen LogP contribution < -0.4 is 16.2 Å². The van der Waals surface area contributed by atoms with Crippen LogP contribution in [0, 0.1) is 23.6 Å². The number of hydrogen-bond acceptors (Lipinski definition) is 5. The molecule has 1 fully saturated rings. The van der Waals surface area contributed by atoms with Gasteiger partial charge in [0.1, 0.15) is 11.5 Å².